The number of ether oxygens (including phenoxy) is 2. The maximum absolute atomic E-state index is 12.3. The summed E-state index contributed by atoms with van der Waals surface area (Å²) in [6.07, 6.45) is -4.84. The van der Waals surface area contributed by atoms with E-state index in [0.29, 0.717) is 12.4 Å². The van der Waals surface area contributed by atoms with E-state index in [4.69, 9.17) is 4.74 Å². The summed E-state index contributed by atoms with van der Waals surface area (Å²) in [7, 11) is -3.98. The Kier molecular flexibility index (Phi) is 5.23. The minimum atomic E-state index is -4.84. The van der Waals surface area contributed by atoms with Crippen LogP contribution in [0.5, 0.6) is 11.5 Å². The summed E-state index contributed by atoms with van der Waals surface area (Å²) < 4.78 is 72.4. The van der Waals surface area contributed by atoms with Gasteiger partial charge >= 0.3 is 6.36 Å². The van der Waals surface area contributed by atoms with Crippen molar-refractivity contribution in [2.45, 2.75) is 18.2 Å². The molecule has 2 rings (SSSR count). The highest BCUT2D eigenvalue weighted by atomic mass is 32.2. The van der Waals surface area contributed by atoms with Crippen LogP contribution in [0.1, 0.15) is 6.92 Å². The predicted molar refractivity (Wildman–Crippen MR) is 81.5 cm³/mol. The first-order valence-electron chi connectivity index (χ1n) is 6.82. The third-order valence-electron chi connectivity index (χ3n) is 2.80. The van der Waals surface area contributed by atoms with Gasteiger partial charge in [-0.05, 0) is 43.3 Å². The fourth-order valence-electron chi connectivity index (χ4n) is 1.86. The monoisotopic (exact) mass is 361 g/mol. The molecule has 0 aliphatic rings. The number of rotatable bonds is 6. The lowest BCUT2D eigenvalue weighted by molar-refractivity contribution is -0.274. The molecule has 0 aliphatic heterocycles. The fraction of sp³-hybridized carbons (Fsp3) is 0.200. The lowest BCUT2D eigenvalue weighted by atomic mass is 10.3. The van der Waals surface area contributed by atoms with Crippen LogP contribution in [0, 0.1) is 0 Å². The van der Waals surface area contributed by atoms with E-state index in [1.807, 2.05) is 0 Å². The summed E-state index contributed by atoms with van der Waals surface area (Å²) in [4.78, 5) is -0.205. The number of halogens is 3. The van der Waals surface area contributed by atoms with Gasteiger partial charge < -0.3 is 9.47 Å². The second-order valence-corrected chi connectivity index (χ2v) is 6.24. The molecule has 2 aromatic carbocycles. The summed E-state index contributed by atoms with van der Waals surface area (Å²) in [6, 6.07) is 10.3. The number of hydrogen-bond acceptors (Lipinski definition) is 4. The molecule has 2 aromatic rings. The molecule has 0 fully saturated rings. The first-order chi connectivity index (χ1) is 11.2. The molecule has 0 aromatic heterocycles. The van der Waals surface area contributed by atoms with Gasteiger partial charge in [-0.2, -0.15) is 0 Å². The highest BCUT2D eigenvalue weighted by Crippen LogP contribution is 2.28. The molecule has 0 amide bonds. The molecule has 0 radical (unpaired) electrons. The van der Waals surface area contributed by atoms with Crippen LogP contribution in [-0.4, -0.2) is 21.4 Å². The van der Waals surface area contributed by atoms with Crippen LogP contribution in [0.25, 0.3) is 0 Å². The number of nitrogens with one attached hydrogen (secondary N) is 1. The van der Waals surface area contributed by atoms with Crippen molar-refractivity contribution >= 4 is 15.7 Å². The van der Waals surface area contributed by atoms with Crippen LogP contribution in [0.2, 0.25) is 0 Å². The van der Waals surface area contributed by atoms with E-state index >= 15 is 0 Å². The molecule has 0 aliphatic carbocycles. The number of benzene rings is 2. The van der Waals surface area contributed by atoms with Gasteiger partial charge in [0.05, 0.1) is 17.2 Å². The highest BCUT2D eigenvalue weighted by molar-refractivity contribution is 7.92. The van der Waals surface area contributed by atoms with Crippen molar-refractivity contribution in [1.82, 2.24) is 0 Å². The standard InChI is InChI=1S/C15H14F3NO4S/c1-2-22-14-6-4-3-5-13(14)19-24(20,21)12-9-7-11(8-10-12)23-15(16,17)18/h3-10,19H,2H2,1H3. The van der Waals surface area contributed by atoms with Crippen molar-refractivity contribution in [3.8, 4) is 11.5 Å². The zero-order chi connectivity index (χ0) is 17.8. The number of para-hydroxylation sites is 2. The van der Waals surface area contributed by atoms with Gasteiger partial charge in [0.2, 0.25) is 0 Å². The molecule has 0 heterocycles. The minimum Gasteiger partial charge on any atom is -0.492 e. The topological polar surface area (TPSA) is 64.6 Å². The first-order valence-corrected chi connectivity index (χ1v) is 8.30. The summed E-state index contributed by atoms with van der Waals surface area (Å²) in [5.74, 6) is -0.156. The molecular formula is C15H14F3NO4S. The van der Waals surface area contributed by atoms with E-state index in [9.17, 15) is 21.6 Å². The summed E-state index contributed by atoms with van der Waals surface area (Å²) in [6.45, 7) is 2.10. The van der Waals surface area contributed by atoms with Crippen LogP contribution in [-0.2, 0) is 10.0 Å². The Hall–Kier alpha value is -2.42. The van der Waals surface area contributed by atoms with Crippen LogP contribution in [0.15, 0.2) is 53.4 Å². The molecule has 9 heteroatoms. The molecule has 0 atom stereocenters. The van der Waals surface area contributed by atoms with Crippen LogP contribution < -0.4 is 14.2 Å². The predicted octanol–water partition coefficient (Wildman–Crippen LogP) is 3.78. The van der Waals surface area contributed by atoms with Gasteiger partial charge in [-0.1, -0.05) is 12.1 Å². The Morgan fingerprint density at radius 3 is 2.25 bits per heavy atom. The normalized spacial score (nSPS) is 11.8. The summed E-state index contributed by atoms with van der Waals surface area (Å²) >= 11 is 0. The third kappa shape index (κ3) is 4.79. The van der Waals surface area contributed by atoms with Crippen LogP contribution in [0.3, 0.4) is 0 Å². The number of alkyl halides is 3. The second kappa shape index (κ2) is 7.00. The van der Waals surface area contributed by atoms with Gasteiger partial charge in [0.1, 0.15) is 11.5 Å². The van der Waals surface area contributed by atoms with E-state index in [0.717, 1.165) is 24.3 Å². The van der Waals surface area contributed by atoms with Gasteiger partial charge in [0, 0.05) is 0 Å². The molecule has 0 bridgehead atoms. The molecule has 24 heavy (non-hydrogen) atoms. The smallest absolute Gasteiger partial charge is 0.492 e. The maximum Gasteiger partial charge on any atom is 0.573 e. The first kappa shape index (κ1) is 17.9. The average Bonchev–Trinajstić information content (AvgIpc) is 2.48. The summed E-state index contributed by atoms with van der Waals surface area (Å²) in [5.41, 5.74) is 0.231. The summed E-state index contributed by atoms with van der Waals surface area (Å²) in [5, 5.41) is 0. The van der Waals surface area contributed by atoms with Gasteiger partial charge in [0.15, 0.2) is 0 Å². The van der Waals surface area contributed by atoms with E-state index < -0.39 is 22.1 Å². The second-order valence-electron chi connectivity index (χ2n) is 4.55. The molecule has 1 N–H and O–H groups in total. The molecule has 0 saturated heterocycles. The average molecular weight is 361 g/mol. The Morgan fingerprint density at radius 2 is 1.67 bits per heavy atom. The third-order valence-corrected chi connectivity index (χ3v) is 4.18. The minimum absolute atomic E-state index is 0.205. The quantitative estimate of drug-likeness (QED) is 0.850. The van der Waals surface area contributed by atoms with Crippen molar-refractivity contribution < 1.29 is 31.1 Å². The zero-order valence-corrected chi connectivity index (χ0v) is 13.3. The number of sulfonamides is 1. The fourth-order valence-corrected chi connectivity index (χ4v) is 2.93. The van der Waals surface area contributed by atoms with Crippen molar-refractivity contribution in [3.63, 3.8) is 0 Å². The van der Waals surface area contributed by atoms with E-state index in [1.165, 1.54) is 6.07 Å². The molecule has 0 spiro atoms. The molecule has 5 nitrogen and oxygen atoms in total. The Morgan fingerprint density at radius 1 is 1.04 bits per heavy atom. The molecule has 0 saturated carbocycles. The van der Waals surface area contributed by atoms with Crippen molar-refractivity contribution in [2.24, 2.45) is 0 Å². The van der Waals surface area contributed by atoms with Gasteiger partial charge in [0.25, 0.3) is 10.0 Å². The van der Waals surface area contributed by atoms with E-state index in [2.05, 4.69) is 9.46 Å². The Balaban J connectivity index is 2.22. The molecule has 0 unspecified atom stereocenters. The van der Waals surface area contributed by atoms with Gasteiger partial charge in [-0.3, -0.25) is 4.72 Å². The highest BCUT2D eigenvalue weighted by Gasteiger charge is 2.31. The number of anilines is 1. The zero-order valence-electron chi connectivity index (χ0n) is 12.5. The molecular weight excluding hydrogens is 347 g/mol. The van der Waals surface area contributed by atoms with Gasteiger partial charge in [-0.15, -0.1) is 13.2 Å². The van der Waals surface area contributed by atoms with E-state index in [1.54, 1.807) is 25.1 Å². The number of hydrogen-bond donors (Lipinski definition) is 1. The van der Waals surface area contributed by atoms with Crippen LogP contribution >= 0.6 is 0 Å². The largest absolute Gasteiger partial charge is 0.573 e. The van der Waals surface area contributed by atoms with Crippen molar-refractivity contribution in [3.05, 3.63) is 48.5 Å². The maximum atomic E-state index is 12.3. The van der Waals surface area contributed by atoms with Crippen LogP contribution in [0.4, 0.5) is 18.9 Å². The van der Waals surface area contributed by atoms with E-state index in [-0.39, 0.29) is 10.6 Å². The SMILES string of the molecule is CCOc1ccccc1NS(=O)(=O)c1ccc(OC(F)(F)F)cc1. The lowest BCUT2D eigenvalue weighted by Crippen LogP contribution is -2.17. The molecule has 130 valence electrons. The Bertz CT molecular complexity index is 789. The lowest BCUT2D eigenvalue weighted by Gasteiger charge is -2.13. The van der Waals surface area contributed by atoms with Crippen molar-refractivity contribution in [2.75, 3.05) is 11.3 Å². The Labute approximate surface area is 137 Å². The van der Waals surface area contributed by atoms with Crippen molar-refractivity contribution in [1.29, 1.82) is 0 Å². The van der Waals surface area contributed by atoms with Gasteiger partial charge in [-0.25, -0.2) is 8.42 Å².